The van der Waals surface area contributed by atoms with E-state index in [-0.39, 0.29) is 11.5 Å². The van der Waals surface area contributed by atoms with Crippen LogP contribution in [-0.4, -0.2) is 49.2 Å². The SMILES string of the molecule is CCC[C@@H]([NH2+][C@@H]1CS(=O)(=O)C[C@@H]1O)C(=O)[O-]. The molecule has 0 radical (unpaired) electrons. The molecule has 6 nitrogen and oxygen atoms in total. The summed E-state index contributed by atoms with van der Waals surface area (Å²) in [6.07, 6.45) is 0.0970. The summed E-state index contributed by atoms with van der Waals surface area (Å²) in [5.74, 6) is -1.65. The first kappa shape index (κ1) is 13.4. The standard InChI is InChI=1S/C9H17NO5S/c1-2-3-6(9(12)13)10-7-4-16(14,15)5-8(7)11/h6-8,10-11H,2-5H2,1H3,(H,12,13)/t6-,7-,8+/m1/s1. The van der Waals surface area contributed by atoms with Gasteiger partial charge in [-0.25, -0.2) is 8.42 Å². The fraction of sp³-hybridized carbons (Fsp3) is 0.889. The van der Waals surface area contributed by atoms with Crippen LogP contribution in [0.2, 0.25) is 0 Å². The second kappa shape index (κ2) is 5.11. The summed E-state index contributed by atoms with van der Waals surface area (Å²) >= 11 is 0. The first-order valence-electron chi connectivity index (χ1n) is 5.30. The molecule has 0 unspecified atom stereocenters. The lowest BCUT2D eigenvalue weighted by atomic mass is 10.1. The third kappa shape index (κ3) is 3.43. The highest BCUT2D eigenvalue weighted by Crippen LogP contribution is 2.09. The molecule has 94 valence electrons. The van der Waals surface area contributed by atoms with E-state index in [1.165, 1.54) is 5.32 Å². The van der Waals surface area contributed by atoms with E-state index in [1.54, 1.807) is 0 Å². The van der Waals surface area contributed by atoms with Gasteiger partial charge in [-0.2, -0.15) is 0 Å². The molecule has 0 aromatic heterocycles. The van der Waals surface area contributed by atoms with Gasteiger partial charge < -0.3 is 20.3 Å². The third-order valence-electron chi connectivity index (χ3n) is 2.75. The van der Waals surface area contributed by atoms with Crippen LogP contribution in [0, 0.1) is 0 Å². The number of quaternary nitrogens is 1. The molecule has 3 atom stereocenters. The number of aliphatic hydroxyl groups excluding tert-OH is 1. The van der Waals surface area contributed by atoms with Gasteiger partial charge >= 0.3 is 0 Å². The second-order valence-corrected chi connectivity index (χ2v) is 6.37. The van der Waals surface area contributed by atoms with Crippen LogP contribution >= 0.6 is 0 Å². The van der Waals surface area contributed by atoms with Crippen molar-refractivity contribution in [3.8, 4) is 0 Å². The number of hydrogen-bond donors (Lipinski definition) is 2. The van der Waals surface area contributed by atoms with E-state index in [9.17, 15) is 23.4 Å². The van der Waals surface area contributed by atoms with E-state index in [0.717, 1.165) is 0 Å². The largest absolute Gasteiger partial charge is 0.544 e. The minimum Gasteiger partial charge on any atom is -0.544 e. The molecule has 1 aliphatic heterocycles. The minimum atomic E-state index is -3.23. The Morgan fingerprint density at radius 1 is 1.56 bits per heavy atom. The summed E-state index contributed by atoms with van der Waals surface area (Å²) in [5, 5.41) is 21.7. The van der Waals surface area contributed by atoms with E-state index in [4.69, 9.17) is 0 Å². The number of aliphatic carboxylic acids is 1. The quantitative estimate of drug-likeness (QED) is 0.530. The number of nitrogens with two attached hydrogens (primary N) is 1. The molecule has 0 aromatic rings. The highest BCUT2D eigenvalue weighted by molar-refractivity contribution is 7.91. The maximum Gasteiger partial charge on any atom is 0.159 e. The van der Waals surface area contributed by atoms with Gasteiger partial charge in [-0.05, 0) is 0 Å². The van der Waals surface area contributed by atoms with Crippen LogP contribution in [0.15, 0.2) is 0 Å². The molecule has 1 rings (SSSR count). The molecule has 7 heteroatoms. The minimum absolute atomic E-state index is 0.165. The molecular formula is C9H17NO5S. The van der Waals surface area contributed by atoms with Gasteiger partial charge in [0.15, 0.2) is 9.84 Å². The lowest BCUT2D eigenvalue weighted by Crippen LogP contribution is -2.99. The second-order valence-electron chi connectivity index (χ2n) is 4.21. The predicted octanol–water partition coefficient (Wildman–Crippen LogP) is -3.37. The summed E-state index contributed by atoms with van der Waals surface area (Å²) in [7, 11) is -3.23. The monoisotopic (exact) mass is 251 g/mol. The van der Waals surface area contributed by atoms with Gasteiger partial charge in [0.2, 0.25) is 0 Å². The van der Waals surface area contributed by atoms with Gasteiger partial charge in [0.25, 0.3) is 0 Å². The molecular weight excluding hydrogens is 234 g/mol. The van der Waals surface area contributed by atoms with E-state index in [1.807, 2.05) is 6.92 Å². The Morgan fingerprint density at radius 3 is 2.56 bits per heavy atom. The summed E-state index contributed by atoms with van der Waals surface area (Å²) in [5.41, 5.74) is 0. The lowest BCUT2D eigenvalue weighted by molar-refractivity contribution is -0.716. The van der Waals surface area contributed by atoms with Gasteiger partial charge in [0.05, 0.1) is 11.7 Å². The highest BCUT2D eigenvalue weighted by atomic mass is 32.2. The molecule has 0 aromatic carbocycles. The maximum absolute atomic E-state index is 11.2. The molecule has 1 saturated heterocycles. The van der Waals surface area contributed by atoms with E-state index in [0.29, 0.717) is 12.8 Å². The maximum atomic E-state index is 11.2. The number of aliphatic hydroxyl groups is 1. The smallest absolute Gasteiger partial charge is 0.159 e. The predicted molar refractivity (Wildman–Crippen MR) is 54.1 cm³/mol. The van der Waals surface area contributed by atoms with Crippen LogP contribution in [0.3, 0.4) is 0 Å². The number of carbonyl (C=O) groups is 1. The summed E-state index contributed by atoms with van der Waals surface area (Å²) < 4.78 is 22.4. The average Bonchev–Trinajstić information content (AvgIpc) is 2.38. The number of hydrogen-bond acceptors (Lipinski definition) is 5. The van der Waals surface area contributed by atoms with Gasteiger partial charge in [-0.1, -0.05) is 13.3 Å². The van der Waals surface area contributed by atoms with Gasteiger partial charge in [0.1, 0.15) is 23.9 Å². The molecule has 1 heterocycles. The molecule has 0 aliphatic carbocycles. The van der Waals surface area contributed by atoms with Crippen molar-refractivity contribution in [2.45, 2.75) is 38.0 Å². The van der Waals surface area contributed by atoms with Crippen molar-refractivity contribution in [2.75, 3.05) is 11.5 Å². The fourth-order valence-electron chi connectivity index (χ4n) is 1.94. The number of carboxylic acids is 1. The number of carbonyl (C=O) groups excluding carboxylic acids is 1. The van der Waals surface area contributed by atoms with Crippen LogP contribution in [0.25, 0.3) is 0 Å². The van der Waals surface area contributed by atoms with Crippen LogP contribution in [0.4, 0.5) is 0 Å². The molecule has 3 N–H and O–H groups in total. The number of rotatable bonds is 5. The molecule has 0 spiro atoms. The average molecular weight is 251 g/mol. The summed E-state index contributed by atoms with van der Waals surface area (Å²) in [6, 6.07) is -1.36. The zero-order valence-electron chi connectivity index (χ0n) is 9.13. The Kier molecular flexibility index (Phi) is 4.28. The van der Waals surface area contributed by atoms with Crippen molar-refractivity contribution in [1.82, 2.24) is 0 Å². The van der Waals surface area contributed by atoms with E-state index >= 15 is 0 Å². The fourth-order valence-corrected chi connectivity index (χ4v) is 3.77. The number of carboxylic acid groups (broad SMARTS) is 1. The molecule has 16 heavy (non-hydrogen) atoms. The summed E-state index contributed by atoms with van der Waals surface area (Å²) in [4.78, 5) is 10.8. The van der Waals surface area contributed by atoms with Crippen LogP contribution in [-0.2, 0) is 14.6 Å². The molecule has 0 amide bonds. The van der Waals surface area contributed by atoms with E-state index < -0.39 is 34.0 Å². The highest BCUT2D eigenvalue weighted by Gasteiger charge is 2.40. The van der Waals surface area contributed by atoms with Crippen molar-refractivity contribution >= 4 is 15.8 Å². The Labute approximate surface area is 94.6 Å². The van der Waals surface area contributed by atoms with Crippen LogP contribution < -0.4 is 10.4 Å². The van der Waals surface area contributed by atoms with E-state index in [2.05, 4.69) is 0 Å². The zero-order valence-corrected chi connectivity index (χ0v) is 9.94. The van der Waals surface area contributed by atoms with Gasteiger partial charge in [-0.15, -0.1) is 0 Å². The van der Waals surface area contributed by atoms with Crippen molar-refractivity contribution in [1.29, 1.82) is 0 Å². The first-order chi connectivity index (χ1) is 7.35. The third-order valence-corrected chi connectivity index (χ3v) is 4.49. The molecule has 0 saturated carbocycles. The van der Waals surface area contributed by atoms with Crippen LogP contribution in [0.1, 0.15) is 19.8 Å². The Morgan fingerprint density at radius 2 is 2.19 bits per heavy atom. The Bertz CT molecular complexity index is 353. The van der Waals surface area contributed by atoms with Crippen molar-refractivity contribution in [2.24, 2.45) is 0 Å². The van der Waals surface area contributed by atoms with Crippen molar-refractivity contribution < 1.29 is 28.7 Å². The normalized spacial score (nSPS) is 30.1. The molecule has 0 bridgehead atoms. The molecule has 1 fully saturated rings. The van der Waals surface area contributed by atoms with Gasteiger partial charge in [0, 0.05) is 6.42 Å². The lowest BCUT2D eigenvalue weighted by Gasteiger charge is -2.21. The van der Waals surface area contributed by atoms with Crippen molar-refractivity contribution in [3.05, 3.63) is 0 Å². The zero-order chi connectivity index (χ0) is 12.3. The first-order valence-corrected chi connectivity index (χ1v) is 7.12. The Balaban J connectivity index is 2.62. The van der Waals surface area contributed by atoms with Crippen LogP contribution in [0.5, 0.6) is 0 Å². The summed E-state index contributed by atoms with van der Waals surface area (Å²) in [6.45, 7) is 1.84. The van der Waals surface area contributed by atoms with Gasteiger partial charge in [-0.3, -0.25) is 0 Å². The van der Waals surface area contributed by atoms with Crippen molar-refractivity contribution in [3.63, 3.8) is 0 Å². The topological polar surface area (TPSA) is 111 Å². The number of sulfone groups is 1. The molecule has 1 aliphatic rings. The Hall–Kier alpha value is -0.660.